The van der Waals surface area contributed by atoms with Crippen molar-refractivity contribution in [2.24, 2.45) is 0 Å². The van der Waals surface area contributed by atoms with Crippen LogP contribution in [0, 0.1) is 5.82 Å². The molecule has 0 unspecified atom stereocenters. The third-order valence-corrected chi connectivity index (χ3v) is 4.47. The van der Waals surface area contributed by atoms with Gasteiger partial charge in [0.25, 0.3) is 5.56 Å². The normalized spacial score (nSPS) is 18.1. The minimum absolute atomic E-state index is 0.0619. The maximum absolute atomic E-state index is 13.3. The van der Waals surface area contributed by atoms with Gasteiger partial charge in [0.2, 0.25) is 17.7 Å². The van der Waals surface area contributed by atoms with E-state index in [1.807, 2.05) is 0 Å². The topological polar surface area (TPSA) is 99.0 Å². The molecule has 0 spiro atoms. The van der Waals surface area contributed by atoms with E-state index in [4.69, 9.17) is 4.74 Å². The van der Waals surface area contributed by atoms with Gasteiger partial charge in [-0.3, -0.25) is 14.9 Å². The number of anilines is 1. The van der Waals surface area contributed by atoms with Crippen LogP contribution in [0.1, 0.15) is 6.42 Å². The Balaban J connectivity index is 1.65. The first kappa shape index (κ1) is 18.4. The van der Waals surface area contributed by atoms with Crippen molar-refractivity contribution in [2.45, 2.75) is 25.2 Å². The van der Waals surface area contributed by atoms with E-state index in [1.165, 1.54) is 0 Å². The highest BCUT2D eigenvalue weighted by Gasteiger charge is 2.41. The summed E-state index contributed by atoms with van der Waals surface area (Å²) in [6.45, 7) is -0.453. The summed E-state index contributed by atoms with van der Waals surface area (Å²) >= 11 is 3.31. The monoisotopic (exact) mass is 451 g/mol. The van der Waals surface area contributed by atoms with Crippen LogP contribution in [0.4, 0.5) is 14.7 Å². The van der Waals surface area contributed by atoms with E-state index < -0.39 is 36.1 Å². The first-order valence-electron chi connectivity index (χ1n) is 8.19. The minimum atomic E-state index is -1.08. The molecule has 2 heterocycles. The van der Waals surface area contributed by atoms with E-state index in [-0.39, 0.29) is 23.6 Å². The van der Waals surface area contributed by atoms with Crippen LogP contribution in [0.15, 0.2) is 39.9 Å². The molecule has 0 aliphatic heterocycles. The van der Waals surface area contributed by atoms with Crippen molar-refractivity contribution in [1.82, 2.24) is 19.7 Å². The van der Waals surface area contributed by atoms with Crippen LogP contribution in [0.25, 0.3) is 10.8 Å². The summed E-state index contributed by atoms with van der Waals surface area (Å²) in [7, 11) is 0. The largest absolute Gasteiger partial charge is 0.470 e. The third kappa shape index (κ3) is 3.84. The van der Waals surface area contributed by atoms with Crippen LogP contribution in [0.3, 0.4) is 0 Å². The zero-order chi connectivity index (χ0) is 19.8. The molecule has 1 amide bonds. The Morgan fingerprint density at radius 1 is 1.32 bits per heavy atom. The molecule has 0 bridgehead atoms. The van der Waals surface area contributed by atoms with Gasteiger partial charge in [-0.2, -0.15) is 0 Å². The molecular weight excluding hydrogens is 440 g/mol. The molecule has 11 heteroatoms. The molecule has 3 aromatic rings. The third-order valence-electron chi connectivity index (χ3n) is 3.97. The predicted octanol–water partition coefficient (Wildman–Crippen LogP) is 2.22. The summed E-state index contributed by atoms with van der Waals surface area (Å²) in [6, 6.07) is 4.87. The number of rotatable bonds is 5. The molecule has 4 rings (SSSR count). The lowest BCUT2D eigenvalue weighted by Gasteiger charge is -2.12. The molecule has 2 aromatic heterocycles. The van der Waals surface area contributed by atoms with Gasteiger partial charge >= 0.3 is 0 Å². The van der Waals surface area contributed by atoms with Gasteiger partial charge in [-0.25, -0.2) is 23.4 Å². The van der Waals surface area contributed by atoms with Gasteiger partial charge in [-0.15, -0.1) is 5.10 Å². The van der Waals surface area contributed by atoms with Gasteiger partial charge in [-0.1, -0.05) is 15.9 Å². The van der Waals surface area contributed by atoms with E-state index in [0.717, 1.165) is 17.1 Å². The molecule has 8 nitrogen and oxygen atoms in total. The van der Waals surface area contributed by atoms with Gasteiger partial charge in [0, 0.05) is 10.9 Å². The van der Waals surface area contributed by atoms with E-state index >= 15 is 0 Å². The molecule has 0 radical (unpaired) electrons. The number of ether oxygens (including phenoxy) is 1. The van der Waals surface area contributed by atoms with Gasteiger partial charge < -0.3 is 4.74 Å². The van der Waals surface area contributed by atoms with E-state index in [0.29, 0.717) is 9.86 Å². The fourth-order valence-corrected chi connectivity index (χ4v) is 2.87. The Morgan fingerprint density at radius 3 is 2.71 bits per heavy atom. The Bertz CT molecular complexity index is 1120. The van der Waals surface area contributed by atoms with Crippen LogP contribution >= 0.6 is 15.9 Å². The van der Waals surface area contributed by atoms with Crippen molar-refractivity contribution in [2.75, 3.05) is 5.32 Å². The van der Waals surface area contributed by atoms with Crippen molar-refractivity contribution in [3.8, 4) is 5.88 Å². The molecule has 1 aromatic carbocycles. The zero-order valence-electron chi connectivity index (χ0n) is 14.1. The number of carbonyl (C=O) groups is 1. The fourth-order valence-electron chi connectivity index (χ4n) is 2.51. The van der Waals surface area contributed by atoms with Crippen molar-refractivity contribution in [3.05, 3.63) is 51.2 Å². The van der Waals surface area contributed by atoms with Gasteiger partial charge in [-0.05, 0) is 18.2 Å². The lowest BCUT2D eigenvalue weighted by Crippen LogP contribution is -2.30. The molecule has 28 heavy (non-hydrogen) atoms. The predicted molar refractivity (Wildman–Crippen MR) is 98.3 cm³/mol. The number of hydrogen-bond acceptors (Lipinski definition) is 6. The number of hydrogen-bond donors (Lipinski definition) is 1. The maximum atomic E-state index is 13.3. The second-order valence-corrected chi connectivity index (χ2v) is 7.05. The Morgan fingerprint density at radius 2 is 2.04 bits per heavy atom. The first-order chi connectivity index (χ1) is 13.4. The molecular formula is C17H12BrF2N5O3. The minimum Gasteiger partial charge on any atom is -0.470 e. The number of halogens is 3. The maximum Gasteiger partial charge on any atom is 0.275 e. The van der Waals surface area contributed by atoms with E-state index in [2.05, 4.69) is 36.3 Å². The smallest absolute Gasteiger partial charge is 0.275 e. The summed E-state index contributed by atoms with van der Waals surface area (Å²) in [5.41, 5.74) is -0.516. The molecule has 144 valence electrons. The second kappa shape index (κ2) is 7.23. The molecule has 1 aliphatic carbocycles. The Labute approximate surface area is 164 Å². The number of carbonyl (C=O) groups excluding carboxylic acids is 1. The molecule has 1 N–H and O–H groups in total. The Hall–Kier alpha value is -2.95. The highest BCUT2D eigenvalue weighted by Crippen LogP contribution is 2.33. The Kier molecular flexibility index (Phi) is 4.75. The summed E-state index contributed by atoms with van der Waals surface area (Å²) in [5, 5.41) is 7.12. The summed E-state index contributed by atoms with van der Waals surface area (Å²) in [6.07, 6.45) is 0.343. The number of aromatic nitrogens is 4. The van der Waals surface area contributed by atoms with Crippen LogP contribution in [-0.2, 0) is 11.3 Å². The quantitative estimate of drug-likeness (QED) is 0.638. The number of alkyl halides is 1. The molecule has 1 aliphatic rings. The second-order valence-electron chi connectivity index (χ2n) is 6.14. The standard InChI is InChI=1S/C17H12BrF2N5O3/c18-8-1-2-10-11(3-8)15(28-13-4-12(13)20)24-25(16(10)27)7-14(26)23-17-21-5-9(19)6-22-17/h1-3,5-6,12-13H,4,7H2,(H,21,22,23,26)/t12-,13-/m0/s1. The number of benzene rings is 1. The van der Waals surface area contributed by atoms with Crippen LogP contribution in [0.5, 0.6) is 5.88 Å². The molecule has 0 saturated heterocycles. The van der Waals surface area contributed by atoms with Gasteiger partial charge in [0.05, 0.1) is 23.2 Å². The first-order valence-corrected chi connectivity index (χ1v) is 8.98. The number of nitrogens with one attached hydrogen (secondary N) is 1. The van der Waals surface area contributed by atoms with E-state index in [1.54, 1.807) is 18.2 Å². The van der Waals surface area contributed by atoms with Crippen LogP contribution in [0.2, 0.25) is 0 Å². The van der Waals surface area contributed by atoms with E-state index in [9.17, 15) is 18.4 Å². The molecule has 1 fully saturated rings. The zero-order valence-corrected chi connectivity index (χ0v) is 15.7. The molecule has 1 saturated carbocycles. The summed E-state index contributed by atoms with van der Waals surface area (Å²) in [4.78, 5) is 32.1. The van der Waals surface area contributed by atoms with Crippen molar-refractivity contribution >= 4 is 38.6 Å². The fraction of sp³-hybridized carbons (Fsp3) is 0.235. The average molecular weight is 452 g/mol. The number of nitrogens with zero attached hydrogens (tertiary/aromatic N) is 4. The summed E-state index contributed by atoms with van der Waals surface area (Å²) < 4.78 is 33.3. The number of amides is 1. The number of fused-ring (bicyclic) bond motifs is 1. The van der Waals surface area contributed by atoms with Crippen molar-refractivity contribution < 1.29 is 18.3 Å². The van der Waals surface area contributed by atoms with Crippen molar-refractivity contribution in [3.63, 3.8) is 0 Å². The molecule has 2 atom stereocenters. The van der Waals surface area contributed by atoms with Gasteiger partial charge in [0.1, 0.15) is 18.8 Å². The SMILES string of the molecule is O=C(Cn1nc(O[C@H]2C[C@@H]2F)c2cc(Br)ccc2c1=O)Nc1ncc(F)cn1. The van der Waals surface area contributed by atoms with Crippen LogP contribution in [-0.4, -0.2) is 37.9 Å². The lowest BCUT2D eigenvalue weighted by molar-refractivity contribution is -0.117. The highest BCUT2D eigenvalue weighted by molar-refractivity contribution is 9.10. The van der Waals surface area contributed by atoms with Gasteiger partial charge in [0.15, 0.2) is 5.82 Å². The highest BCUT2D eigenvalue weighted by atomic mass is 79.9. The average Bonchev–Trinajstić information content (AvgIpc) is 3.35. The van der Waals surface area contributed by atoms with Crippen LogP contribution < -0.4 is 15.6 Å². The lowest BCUT2D eigenvalue weighted by atomic mass is 10.2. The van der Waals surface area contributed by atoms with Crippen molar-refractivity contribution in [1.29, 1.82) is 0 Å². The summed E-state index contributed by atoms with van der Waals surface area (Å²) in [5.74, 6) is -1.34.